The van der Waals surface area contributed by atoms with E-state index >= 15 is 0 Å². The van der Waals surface area contributed by atoms with Crippen LogP contribution in [0.5, 0.6) is 0 Å². The maximum Gasteiger partial charge on any atom is 0.414 e. The molecule has 0 fully saturated rings. The van der Waals surface area contributed by atoms with Gasteiger partial charge in [0.1, 0.15) is 11.4 Å². The molecule has 142 valence electrons. The fourth-order valence-corrected chi connectivity index (χ4v) is 3.79. The number of nitrogens with one attached hydrogen (secondary N) is 4. The number of carbonyl (C=O) groups excluding carboxylic acids is 4. The second-order valence-electron chi connectivity index (χ2n) is 5.67. The summed E-state index contributed by atoms with van der Waals surface area (Å²) < 4.78 is 4.69. The fraction of sp³-hybridized carbons (Fsp3) is 0.294. The lowest BCUT2D eigenvalue weighted by Gasteiger charge is -2.27. The van der Waals surface area contributed by atoms with Gasteiger partial charge in [0.15, 0.2) is 0 Å². The lowest BCUT2D eigenvalue weighted by atomic mass is 10.0. The number of thioether (sulfide) groups is 1. The zero-order chi connectivity index (χ0) is 19.4. The second-order valence-corrected chi connectivity index (χ2v) is 6.81. The number of carbonyl (C=O) groups is 4. The van der Waals surface area contributed by atoms with E-state index in [1.807, 2.05) is 0 Å². The molecule has 1 aromatic carbocycles. The van der Waals surface area contributed by atoms with Gasteiger partial charge in [-0.2, -0.15) is 0 Å². The molecular formula is C17H18N4O5S. The van der Waals surface area contributed by atoms with Gasteiger partial charge in [0, 0.05) is 22.6 Å². The molecule has 3 rings (SSSR count). The average Bonchev–Trinajstić information content (AvgIpc) is 3.09. The molecule has 2 aliphatic heterocycles. The first-order valence-corrected chi connectivity index (χ1v) is 9.31. The van der Waals surface area contributed by atoms with Crippen molar-refractivity contribution in [3.8, 4) is 0 Å². The molecule has 0 aliphatic carbocycles. The molecule has 2 atom stereocenters. The predicted molar refractivity (Wildman–Crippen MR) is 99.0 cm³/mol. The van der Waals surface area contributed by atoms with E-state index in [0.29, 0.717) is 17.0 Å². The largest absolute Gasteiger partial charge is 0.450 e. The summed E-state index contributed by atoms with van der Waals surface area (Å²) >= 11 is 1.33. The van der Waals surface area contributed by atoms with Crippen LogP contribution in [0.25, 0.3) is 0 Å². The van der Waals surface area contributed by atoms with Gasteiger partial charge in [-0.15, -0.1) is 11.8 Å². The second kappa shape index (κ2) is 8.12. The number of hydrogen-bond donors (Lipinski definition) is 4. The summed E-state index contributed by atoms with van der Waals surface area (Å²) in [5.41, 5.74) is 1.44. The fourth-order valence-electron chi connectivity index (χ4n) is 2.74. The molecule has 0 bridgehead atoms. The average molecular weight is 390 g/mol. The van der Waals surface area contributed by atoms with Crippen LogP contribution in [0.3, 0.4) is 0 Å². The lowest BCUT2D eigenvalue weighted by molar-refractivity contribution is -0.123. The molecule has 4 N–H and O–H groups in total. The molecule has 10 heteroatoms. The van der Waals surface area contributed by atoms with E-state index < -0.39 is 35.4 Å². The first-order chi connectivity index (χ1) is 13.0. The van der Waals surface area contributed by atoms with E-state index in [9.17, 15) is 19.2 Å². The summed E-state index contributed by atoms with van der Waals surface area (Å²) in [6.45, 7) is 1.77. The Morgan fingerprint density at radius 2 is 2.07 bits per heavy atom. The van der Waals surface area contributed by atoms with Gasteiger partial charge in [-0.1, -0.05) is 24.3 Å². The van der Waals surface area contributed by atoms with Crippen LogP contribution in [-0.4, -0.2) is 41.7 Å². The van der Waals surface area contributed by atoms with Gasteiger partial charge < -0.3 is 20.7 Å². The molecule has 0 radical (unpaired) electrons. The minimum Gasteiger partial charge on any atom is -0.450 e. The molecule has 27 heavy (non-hydrogen) atoms. The number of hydrogen-bond acceptors (Lipinski definition) is 6. The molecule has 0 saturated carbocycles. The molecular weight excluding hydrogens is 372 g/mol. The minimum atomic E-state index is -0.884. The zero-order valence-corrected chi connectivity index (χ0v) is 15.2. The standard InChI is InChI=1S/C17H18N4O5S/c1-2-26-17(25)21-13(22)10-7-8-27-15(10)20-14(23)12-9-5-3-4-6-11(9)18-16(24)19-12/h3-7,12,15H,2,8H2,1H3,(H,20,23)(H2,18,19,24)(H,21,22,25). The third-order valence-corrected chi connectivity index (χ3v) is 5.00. The Balaban J connectivity index is 1.69. The van der Waals surface area contributed by atoms with Crippen molar-refractivity contribution in [3.05, 3.63) is 41.5 Å². The lowest BCUT2D eigenvalue weighted by Crippen LogP contribution is -2.48. The monoisotopic (exact) mass is 390 g/mol. The van der Waals surface area contributed by atoms with Gasteiger partial charge in [-0.25, -0.2) is 9.59 Å². The smallest absolute Gasteiger partial charge is 0.414 e. The normalized spacial score (nSPS) is 20.5. The van der Waals surface area contributed by atoms with Crippen LogP contribution in [0.1, 0.15) is 18.5 Å². The Hall–Kier alpha value is -3.01. The zero-order valence-electron chi connectivity index (χ0n) is 14.4. The maximum absolute atomic E-state index is 12.7. The molecule has 0 saturated heterocycles. The van der Waals surface area contributed by atoms with Crippen LogP contribution in [0.2, 0.25) is 0 Å². The molecule has 2 unspecified atom stereocenters. The van der Waals surface area contributed by atoms with Gasteiger partial charge in [-0.3, -0.25) is 14.9 Å². The molecule has 2 aliphatic rings. The number of alkyl carbamates (subject to hydrolysis) is 1. The van der Waals surface area contributed by atoms with Crippen molar-refractivity contribution in [1.82, 2.24) is 16.0 Å². The summed E-state index contributed by atoms with van der Waals surface area (Å²) in [6.07, 6.45) is 0.795. The summed E-state index contributed by atoms with van der Waals surface area (Å²) in [7, 11) is 0. The van der Waals surface area contributed by atoms with E-state index in [4.69, 9.17) is 0 Å². The van der Waals surface area contributed by atoms with Crippen LogP contribution < -0.4 is 21.3 Å². The highest BCUT2D eigenvalue weighted by molar-refractivity contribution is 8.00. The summed E-state index contributed by atoms with van der Waals surface area (Å²) in [5, 5.41) is 9.44. The van der Waals surface area contributed by atoms with Crippen LogP contribution >= 0.6 is 11.8 Å². The number of amides is 5. The van der Waals surface area contributed by atoms with Crippen molar-refractivity contribution in [3.63, 3.8) is 0 Å². The minimum absolute atomic E-state index is 0.141. The van der Waals surface area contributed by atoms with Gasteiger partial charge in [0.05, 0.1) is 6.61 Å². The number of anilines is 1. The highest BCUT2D eigenvalue weighted by Crippen LogP contribution is 2.29. The Kier molecular flexibility index (Phi) is 5.65. The molecule has 2 heterocycles. The van der Waals surface area contributed by atoms with Gasteiger partial charge in [0.2, 0.25) is 5.91 Å². The van der Waals surface area contributed by atoms with Crippen LogP contribution in [0.15, 0.2) is 35.9 Å². The Bertz CT molecular complexity index is 825. The first-order valence-electron chi connectivity index (χ1n) is 8.26. The summed E-state index contributed by atoms with van der Waals surface area (Å²) in [5.74, 6) is -0.573. The first kappa shape index (κ1) is 18.8. The van der Waals surface area contributed by atoms with E-state index in [0.717, 1.165) is 0 Å². The van der Waals surface area contributed by atoms with Crippen molar-refractivity contribution in [2.75, 3.05) is 17.7 Å². The maximum atomic E-state index is 12.7. The van der Waals surface area contributed by atoms with Crippen molar-refractivity contribution >= 4 is 41.4 Å². The van der Waals surface area contributed by atoms with E-state index in [2.05, 4.69) is 26.0 Å². The molecule has 1 aromatic rings. The Morgan fingerprint density at radius 1 is 1.30 bits per heavy atom. The number of urea groups is 1. The van der Waals surface area contributed by atoms with Gasteiger partial charge in [-0.05, 0) is 13.0 Å². The molecule has 0 spiro atoms. The number of para-hydroxylation sites is 1. The van der Waals surface area contributed by atoms with Crippen LogP contribution in [-0.2, 0) is 14.3 Å². The van der Waals surface area contributed by atoms with Crippen molar-refractivity contribution in [2.45, 2.75) is 18.3 Å². The van der Waals surface area contributed by atoms with E-state index in [-0.39, 0.29) is 12.2 Å². The Labute approximate surface area is 159 Å². The highest BCUT2D eigenvalue weighted by atomic mass is 32.2. The third-order valence-electron chi connectivity index (χ3n) is 3.93. The predicted octanol–water partition coefficient (Wildman–Crippen LogP) is 1.25. The van der Waals surface area contributed by atoms with Crippen LogP contribution in [0.4, 0.5) is 15.3 Å². The quantitative estimate of drug-likeness (QED) is 0.613. The molecule has 9 nitrogen and oxygen atoms in total. The number of rotatable bonds is 4. The SMILES string of the molecule is CCOC(=O)NC(=O)C1=CCSC1NC(=O)C1NC(=O)Nc2ccccc21. The van der Waals surface area contributed by atoms with Gasteiger partial charge >= 0.3 is 12.1 Å². The highest BCUT2D eigenvalue weighted by Gasteiger charge is 2.34. The number of imide groups is 1. The third kappa shape index (κ3) is 4.22. The van der Waals surface area contributed by atoms with Crippen molar-refractivity contribution in [2.24, 2.45) is 0 Å². The summed E-state index contributed by atoms with van der Waals surface area (Å²) in [4.78, 5) is 48.2. The van der Waals surface area contributed by atoms with Crippen LogP contribution in [0, 0.1) is 0 Å². The number of fused-ring (bicyclic) bond motifs is 1. The number of benzene rings is 1. The van der Waals surface area contributed by atoms with Gasteiger partial charge in [0.25, 0.3) is 5.91 Å². The summed E-state index contributed by atoms with van der Waals surface area (Å²) in [6, 6.07) is 5.59. The number of ether oxygens (including phenoxy) is 1. The van der Waals surface area contributed by atoms with E-state index in [1.54, 1.807) is 37.3 Å². The topological polar surface area (TPSA) is 126 Å². The van der Waals surface area contributed by atoms with Crippen molar-refractivity contribution < 1.29 is 23.9 Å². The molecule has 0 aromatic heterocycles. The van der Waals surface area contributed by atoms with Crippen molar-refractivity contribution in [1.29, 1.82) is 0 Å². The Morgan fingerprint density at radius 3 is 2.85 bits per heavy atom. The molecule has 5 amide bonds. The van der Waals surface area contributed by atoms with E-state index in [1.165, 1.54) is 11.8 Å².